The number of ether oxygens (including phenoxy) is 2. The van der Waals surface area contributed by atoms with E-state index in [-0.39, 0.29) is 24.9 Å². The topological polar surface area (TPSA) is 197 Å². The van der Waals surface area contributed by atoms with Crippen molar-refractivity contribution in [3.05, 3.63) is 72.3 Å². The van der Waals surface area contributed by atoms with Gasteiger partial charge >= 0.3 is 6.09 Å². The highest BCUT2D eigenvalue weighted by Crippen LogP contribution is 2.29. The number of hydrogen-bond acceptors (Lipinski definition) is 7. The van der Waals surface area contributed by atoms with Gasteiger partial charge in [0.1, 0.15) is 24.4 Å². The predicted molar refractivity (Wildman–Crippen MR) is 172 cm³/mol. The molecule has 2 atom stereocenters. The Balaban J connectivity index is 1.60. The number of guanidine groups is 1. The van der Waals surface area contributed by atoms with Crippen LogP contribution in [0.4, 0.5) is 10.5 Å². The Hall–Kier alpha value is -5.33. The maximum Gasteiger partial charge on any atom is 0.408 e. The lowest BCUT2D eigenvalue weighted by Gasteiger charge is -2.22. The van der Waals surface area contributed by atoms with Crippen LogP contribution in [0.15, 0.2) is 66.7 Å². The highest BCUT2D eigenvalue weighted by atomic mass is 16.5. The first-order chi connectivity index (χ1) is 21.6. The van der Waals surface area contributed by atoms with Gasteiger partial charge < -0.3 is 41.8 Å². The van der Waals surface area contributed by atoms with Crippen molar-refractivity contribution in [3.8, 4) is 5.75 Å². The number of rotatable bonds is 15. The second-order valence-electron chi connectivity index (χ2n) is 10.6. The third kappa shape index (κ3) is 11.0. The molecular weight excluding hydrogens is 578 g/mol. The quantitative estimate of drug-likeness (QED) is 0.0765. The lowest BCUT2D eigenvalue weighted by atomic mass is 10.0. The standard InChI is InChI=1S/C32H41N7O6/c1-20(2)28(39-32(43)45-19-21-10-5-4-6-11-21)30(42)36-18-27(40)38-25(14-9-15-35-31(33)34)29(41)37-23-16-22-12-7-8-13-24(22)26(17-23)44-3/h4-8,10-13,16-17,20,25,28H,9,14-15,18-19H2,1-3H3,(H,36,42)(H,37,41)(H,38,40)(H,39,43)(H4,33,34,35)/t25-,28-/m0/s1. The van der Waals surface area contributed by atoms with Crippen molar-refractivity contribution in [3.63, 3.8) is 0 Å². The highest BCUT2D eigenvalue weighted by molar-refractivity contribution is 6.01. The van der Waals surface area contributed by atoms with Gasteiger partial charge in [-0.05, 0) is 35.8 Å². The number of fused-ring (bicyclic) bond motifs is 1. The van der Waals surface area contributed by atoms with Crippen LogP contribution in [-0.4, -0.2) is 62.1 Å². The fourth-order valence-electron chi connectivity index (χ4n) is 4.49. The van der Waals surface area contributed by atoms with Crippen molar-refractivity contribution >= 4 is 46.2 Å². The maximum atomic E-state index is 13.3. The van der Waals surface area contributed by atoms with Crippen LogP contribution in [0.3, 0.4) is 0 Å². The Morgan fingerprint density at radius 1 is 0.911 bits per heavy atom. The van der Waals surface area contributed by atoms with Crippen molar-refractivity contribution in [2.24, 2.45) is 11.7 Å². The molecule has 240 valence electrons. The molecule has 0 bridgehead atoms. The molecule has 0 aliphatic rings. The number of anilines is 1. The smallest absolute Gasteiger partial charge is 0.408 e. The molecule has 13 heteroatoms. The summed E-state index contributed by atoms with van der Waals surface area (Å²) in [5.74, 6) is -1.58. The van der Waals surface area contributed by atoms with Crippen LogP contribution in [-0.2, 0) is 25.7 Å². The average molecular weight is 620 g/mol. The van der Waals surface area contributed by atoms with Gasteiger partial charge in [0.05, 0.1) is 13.7 Å². The molecule has 0 radical (unpaired) electrons. The molecule has 3 aromatic rings. The summed E-state index contributed by atoms with van der Waals surface area (Å²) >= 11 is 0. The molecule has 0 unspecified atom stereocenters. The van der Waals surface area contributed by atoms with E-state index in [9.17, 15) is 19.2 Å². The van der Waals surface area contributed by atoms with Gasteiger partial charge in [-0.2, -0.15) is 0 Å². The van der Waals surface area contributed by atoms with E-state index in [1.165, 1.54) is 0 Å². The molecule has 4 amide bonds. The molecule has 0 heterocycles. The second-order valence-corrected chi connectivity index (χ2v) is 10.6. The van der Waals surface area contributed by atoms with Gasteiger partial charge in [0.15, 0.2) is 5.96 Å². The third-order valence-corrected chi connectivity index (χ3v) is 6.81. The molecule has 0 aliphatic carbocycles. The van der Waals surface area contributed by atoms with Crippen LogP contribution in [0.25, 0.3) is 10.8 Å². The summed E-state index contributed by atoms with van der Waals surface area (Å²) in [4.78, 5) is 51.5. The lowest BCUT2D eigenvalue weighted by Crippen LogP contribution is -2.53. The minimum Gasteiger partial charge on any atom is -0.496 e. The van der Waals surface area contributed by atoms with Gasteiger partial charge in [-0.1, -0.05) is 68.4 Å². The molecule has 0 saturated heterocycles. The van der Waals surface area contributed by atoms with Crippen LogP contribution in [0, 0.1) is 11.3 Å². The number of amides is 4. The maximum absolute atomic E-state index is 13.3. The van der Waals surface area contributed by atoms with Crippen molar-refractivity contribution < 1.29 is 28.7 Å². The monoisotopic (exact) mass is 619 g/mol. The number of methoxy groups -OCH3 is 1. The van der Waals surface area contributed by atoms with E-state index >= 15 is 0 Å². The molecule has 0 aromatic heterocycles. The number of carbonyl (C=O) groups is 4. The van der Waals surface area contributed by atoms with Crippen molar-refractivity contribution in [2.45, 2.75) is 45.4 Å². The number of hydrogen-bond donors (Lipinski definition) is 7. The zero-order valence-corrected chi connectivity index (χ0v) is 25.6. The molecule has 13 nitrogen and oxygen atoms in total. The van der Waals surface area contributed by atoms with Crippen LogP contribution < -0.4 is 37.1 Å². The Morgan fingerprint density at radius 3 is 2.31 bits per heavy atom. The largest absolute Gasteiger partial charge is 0.496 e. The Morgan fingerprint density at radius 2 is 1.62 bits per heavy atom. The highest BCUT2D eigenvalue weighted by Gasteiger charge is 2.26. The van der Waals surface area contributed by atoms with Gasteiger partial charge in [-0.25, -0.2) is 4.79 Å². The Kier molecular flexibility index (Phi) is 13.0. The first-order valence-corrected chi connectivity index (χ1v) is 14.6. The summed E-state index contributed by atoms with van der Waals surface area (Å²) in [6.45, 7) is 3.43. The number of carbonyl (C=O) groups excluding carboxylic acids is 4. The number of nitrogens with one attached hydrogen (secondary N) is 6. The van der Waals surface area contributed by atoms with Crippen LogP contribution in [0.1, 0.15) is 32.3 Å². The number of nitrogens with two attached hydrogens (primary N) is 1. The fraction of sp³-hybridized carbons (Fsp3) is 0.344. The van der Waals surface area contributed by atoms with Gasteiger partial charge in [0.2, 0.25) is 17.7 Å². The van der Waals surface area contributed by atoms with Gasteiger partial charge in [0, 0.05) is 23.7 Å². The van der Waals surface area contributed by atoms with Gasteiger partial charge in [0.25, 0.3) is 0 Å². The van der Waals surface area contributed by atoms with E-state index in [4.69, 9.17) is 20.6 Å². The molecule has 3 rings (SSSR count). The first-order valence-electron chi connectivity index (χ1n) is 14.6. The summed E-state index contributed by atoms with van der Waals surface area (Å²) < 4.78 is 10.7. The van der Waals surface area contributed by atoms with Crippen LogP contribution in [0.2, 0.25) is 0 Å². The summed E-state index contributed by atoms with van der Waals surface area (Å²) in [6.07, 6.45) is -0.131. The zero-order valence-electron chi connectivity index (χ0n) is 25.6. The van der Waals surface area contributed by atoms with Gasteiger partial charge in [-0.3, -0.25) is 19.8 Å². The molecule has 0 spiro atoms. The fourth-order valence-corrected chi connectivity index (χ4v) is 4.49. The van der Waals surface area contributed by atoms with Crippen molar-refractivity contribution in [2.75, 3.05) is 25.5 Å². The molecular formula is C32H41N7O6. The molecule has 0 fully saturated rings. The molecule has 0 aliphatic heterocycles. The summed E-state index contributed by atoms with van der Waals surface area (Å²) in [5.41, 5.74) is 6.63. The van der Waals surface area contributed by atoms with Crippen LogP contribution >= 0.6 is 0 Å². The van der Waals surface area contributed by atoms with E-state index in [2.05, 4.69) is 26.6 Å². The van der Waals surface area contributed by atoms with E-state index in [1.54, 1.807) is 33.1 Å². The third-order valence-electron chi connectivity index (χ3n) is 6.81. The minimum absolute atomic E-state index is 0.0406. The molecule has 8 N–H and O–H groups in total. The van der Waals surface area contributed by atoms with E-state index in [0.29, 0.717) is 24.4 Å². The lowest BCUT2D eigenvalue weighted by molar-refractivity contribution is -0.129. The molecule has 45 heavy (non-hydrogen) atoms. The van der Waals surface area contributed by atoms with Crippen molar-refractivity contribution in [1.29, 1.82) is 5.41 Å². The molecule has 0 saturated carbocycles. The zero-order chi connectivity index (χ0) is 32.8. The SMILES string of the molecule is COc1cc(NC(=O)[C@H](CCCNC(=N)N)NC(=O)CNC(=O)[C@@H](NC(=O)OCc2ccccc2)C(C)C)cc2ccccc12. The Bertz CT molecular complexity index is 1480. The number of benzene rings is 3. The number of alkyl carbamates (subject to hydrolysis) is 1. The predicted octanol–water partition coefficient (Wildman–Crippen LogP) is 2.60. The summed E-state index contributed by atoms with van der Waals surface area (Å²) in [5, 5.41) is 22.3. The average Bonchev–Trinajstić information content (AvgIpc) is 3.02. The second kappa shape index (κ2) is 17.1. The van der Waals surface area contributed by atoms with Crippen molar-refractivity contribution in [1.82, 2.24) is 21.3 Å². The normalized spacial score (nSPS) is 12.0. The van der Waals surface area contributed by atoms with E-state index in [0.717, 1.165) is 16.3 Å². The molecule has 3 aromatic carbocycles. The summed E-state index contributed by atoms with van der Waals surface area (Å²) in [7, 11) is 1.54. The minimum atomic E-state index is -0.965. The summed E-state index contributed by atoms with van der Waals surface area (Å²) in [6, 6.07) is 18.3. The Labute approximate surface area is 262 Å². The van der Waals surface area contributed by atoms with E-state index < -0.39 is 42.4 Å². The van der Waals surface area contributed by atoms with E-state index in [1.807, 2.05) is 54.6 Å². The first kappa shape index (κ1) is 34.2. The van der Waals surface area contributed by atoms with Crippen LogP contribution in [0.5, 0.6) is 5.75 Å². The van der Waals surface area contributed by atoms with Gasteiger partial charge in [-0.15, -0.1) is 0 Å².